The Morgan fingerprint density at radius 2 is 1.95 bits per heavy atom. The summed E-state index contributed by atoms with van der Waals surface area (Å²) in [5.41, 5.74) is 0.664. The van der Waals surface area contributed by atoms with Crippen LogP contribution in [-0.4, -0.2) is 79.4 Å². The highest BCUT2D eigenvalue weighted by molar-refractivity contribution is 7.91. The lowest BCUT2D eigenvalue weighted by Gasteiger charge is -2.47. The lowest BCUT2D eigenvalue weighted by atomic mass is 9.93. The maximum absolute atomic E-state index is 15.1. The third-order valence-corrected chi connectivity index (χ3v) is 9.74. The number of nitrogens with zero attached hydrogens (tertiary/aromatic N) is 5. The molecule has 2 aromatic heterocycles. The standard InChI is InChI=1S/C28H37FN6O3S/c1-17(2)19-7-8-22(35-15-23(18(35)3)39(6,36)37)21-14-31-26(13-20(19)21)32-25-9-11-30-27(33-25)34-12-10-24(38-5)28(4,29)16-34/h7-9,11,13-14,17-18,23-24H,10,12,15-16H2,1-6H3,(H,30,31,32,33)/t18-,23+,24+,28-/m1/s1. The molecule has 0 unspecified atom stereocenters. The molecule has 1 aromatic carbocycles. The predicted molar refractivity (Wildman–Crippen MR) is 154 cm³/mol. The highest BCUT2D eigenvalue weighted by Gasteiger charge is 2.43. The van der Waals surface area contributed by atoms with Gasteiger partial charge >= 0.3 is 0 Å². The van der Waals surface area contributed by atoms with E-state index >= 15 is 4.39 Å². The number of pyridine rings is 1. The number of aromatic nitrogens is 3. The second-order valence-electron chi connectivity index (χ2n) is 11.3. The van der Waals surface area contributed by atoms with Gasteiger partial charge in [0.15, 0.2) is 15.5 Å². The van der Waals surface area contributed by atoms with Crippen molar-refractivity contribution in [3.05, 3.63) is 42.2 Å². The van der Waals surface area contributed by atoms with Crippen molar-refractivity contribution in [2.24, 2.45) is 0 Å². The van der Waals surface area contributed by atoms with E-state index in [4.69, 9.17) is 4.74 Å². The maximum Gasteiger partial charge on any atom is 0.227 e. The molecule has 0 aliphatic carbocycles. The van der Waals surface area contributed by atoms with Crippen LogP contribution in [0.3, 0.4) is 0 Å². The summed E-state index contributed by atoms with van der Waals surface area (Å²) in [7, 11) is -1.56. The Bertz CT molecular complexity index is 1480. The summed E-state index contributed by atoms with van der Waals surface area (Å²) in [5.74, 6) is 1.93. The summed E-state index contributed by atoms with van der Waals surface area (Å²) >= 11 is 0. The summed E-state index contributed by atoms with van der Waals surface area (Å²) in [6.07, 6.45) is 4.91. The fraction of sp³-hybridized carbons (Fsp3) is 0.536. The Hall–Kier alpha value is -3.05. The van der Waals surface area contributed by atoms with Gasteiger partial charge < -0.3 is 19.9 Å². The van der Waals surface area contributed by atoms with Gasteiger partial charge in [-0.1, -0.05) is 19.9 Å². The molecule has 0 amide bonds. The van der Waals surface area contributed by atoms with Gasteiger partial charge in [0.1, 0.15) is 11.6 Å². The zero-order valence-corrected chi connectivity index (χ0v) is 24.2. The molecule has 3 aromatic rings. The molecule has 39 heavy (non-hydrogen) atoms. The van der Waals surface area contributed by atoms with Crippen LogP contribution in [0.1, 0.15) is 45.6 Å². The summed E-state index contributed by atoms with van der Waals surface area (Å²) < 4.78 is 44.7. The number of piperidine rings is 1. The second kappa shape index (κ2) is 10.2. The highest BCUT2D eigenvalue weighted by atomic mass is 32.2. The first-order chi connectivity index (χ1) is 18.4. The van der Waals surface area contributed by atoms with Crippen molar-refractivity contribution in [2.75, 3.05) is 48.1 Å². The van der Waals surface area contributed by atoms with Crippen LogP contribution < -0.4 is 15.1 Å². The van der Waals surface area contributed by atoms with Crippen LogP contribution >= 0.6 is 0 Å². The number of ether oxygens (including phenoxy) is 1. The molecule has 4 atom stereocenters. The van der Waals surface area contributed by atoms with Crippen molar-refractivity contribution < 1.29 is 17.5 Å². The first kappa shape index (κ1) is 27.5. The molecule has 5 rings (SSSR count). The first-order valence-electron chi connectivity index (χ1n) is 13.3. The van der Waals surface area contributed by atoms with E-state index in [0.717, 1.165) is 16.5 Å². The average molecular weight is 557 g/mol. The first-order valence-corrected chi connectivity index (χ1v) is 15.3. The van der Waals surface area contributed by atoms with E-state index in [2.05, 4.69) is 51.1 Å². The average Bonchev–Trinajstić information content (AvgIpc) is 2.86. The topological polar surface area (TPSA) is 101 Å². The number of sulfone groups is 1. The monoisotopic (exact) mass is 556 g/mol. The Morgan fingerprint density at radius 3 is 2.59 bits per heavy atom. The normalized spacial score (nSPS) is 25.7. The van der Waals surface area contributed by atoms with E-state index in [-0.39, 0.29) is 23.8 Å². The second-order valence-corrected chi connectivity index (χ2v) is 13.5. The van der Waals surface area contributed by atoms with Gasteiger partial charge in [0, 0.05) is 56.0 Å². The Balaban J connectivity index is 1.42. The number of rotatable bonds is 7. The zero-order chi connectivity index (χ0) is 28.1. The minimum atomic E-state index is -3.10. The third-order valence-electron chi connectivity index (χ3n) is 8.10. The number of anilines is 4. The van der Waals surface area contributed by atoms with Gasteiger partial charge in [-0.3, -0.25) is 0 Å². The van der Waals surface area contributed by atoms with Crippen LogP contribution in [0.4, 0.5) is 27.7 Å². The summed E-state index contributed by atoms with van der Waals surface area (Å²) in [4.78, 5) is 17.7. The van der Waals surface area contributed by atoms with E-state index < -0.39 is 21.6 Å². The molecule has 0 spiro atoms. The Kier molecular flexibility index (Phi) is 7.17. The van der Waals surface area contributed by atoms with Gasteiger partial charge in [0.2, 0.25) is 5.95 Å². The van der Waals surface area contributed by atoms with Crippen LogP contribution in [0.15, 0.2) is 36.7 Å². The number of benzene rings is 1. The highest BCUT2D eigenvalue weighted by Crippen LogP contribution is 2.39. The van der Waals surface area contributed by atoms with Crippen LogP contribution in [0.5, 0.6) is 0 Å². The van der Waals surface area contributed by atoms with E-state index in [1.807, 2.05) is 24.1 Å². The molecular formula is C28H37FN6O3S. The van der Waals surface area contributed by atoms with Crippen molar-refractivity contribution in [1.29, 1.82) is 0 Å². The fourth-order valence-electron chi connectivity index (χ4n) is 5.82. The van der Waals surface area contributed by atoms with Gasteiger partial charge in [-0.25, -0.2) is 22.8 Å². The van der Waals surface area contributed by atoms with Gasteiger partial charge in [-0.05, 0) is 55.3 Å². The van der Waals surface area contributed by atoms with Crippen LogP contribution in [0.25, 0.3) is 10.8 Å². The molecule has 210 valence electrons. The van der Waals surface area contributed by atoms with E-state index in [1.165, 1.54) is 11.8 Å². The minimum Gasteiger partial charge on any atom is -0.378 e. The van der Waals surface area contributed by atoms with Crippen LogP contribution in [0, 0.1) is 0 Å². The number of hydrogen-bond donors (Lipinski definition) is 1. The van der Waals surface area contributed by atoms with Gasteiger partial charge in [-0.15, -0.1) is 0 Å². The molecule has 0 bridgehead atoms. The summed E-state index contributed by atoms with van der Waals surface area (Å²) in [5, 5.41) is 4.97. The largest absolute Gasteiger partial charge is 0.378 e. The molecule has 0 radical (unpaired) electrons. The maximum atomic E-state index is 15.1. The molecule has 2 aliphatic heterocycles. The number of hydrogen-bond acceptors (Lipinski definition) is 9. The predicted octanol–water partition coefficient (Wildman–Crippen LogP) is 4.47. The van der Waals surface area contributed by atoms with Crippen molar-refractivity contribution in [3.8, 4) is 0 Å². The number of nitrogens with one attached hydrogen (secondary N) is 1. The molecule has 2 saturated heterocycles. The smallest absolute Gasteiger partial charge is 0.227 e. The molecule has 1 N–H and O–H groups in total. The Morgan fingerprint density at radius 1 is 1.18 bits per heavy atom. The third kappa shape index (κ3) is 5.26. The lowest BCUT2D eigenvalue weighted by molar-refractivity contribution is -0.0381. The van der Waals surface area contributed by atoms with Crippen molar-refractivity contribution in [1.82, 2.24) is 15.0 Å². The van der Waals surface area contributed by atoms with Crippen molar-refractivity contribution in [2.45, 2.75) is 63.1 Å². The molecule has 0 saturated carbocycles. The molecule has 9 nitrogen and oxygen atoms in total. The SMILES string of the molecule is CO[C@H]1CCN(c2nccc(Nc3cc4c(C(C)C)ccc(N5C[C@H](S(C)(=O)=O)[C@H]5C)c4cn3)n2)C[C@@]1(C)F. The Labute approximate surface area is 229 Å². The van der Waals surface area contributed by atoms with Crippen LogP contribution in [-0.2, 0) is 14.6 Å². The van der Waals surface area contributed by atoms with Crippen LogP contribution in [0.2, 0.25) is 0 Å². The molecule has 4 heterocycles. The number of alkyl halides is 1. The zero-order valence-electron chi connectivity index (χ0n) is 23.3. The van der Waals surface area contributed by atoms with Crippen molar-refractivity contribution >= 4 is 43.9 Å². The van der Waals surface area contributed by atoms with Gasteiger partial charge in [0.25, 0.3) is 0 Å². The minimum absolute atomic E-state index is 0.106. The number of halogens is 1. The van der Waals surface area contributed by atoms with Crippen molar-refractivity contribution in [3.63, 3.8) is 0 Å². The molecule has 2 fully saturated rings. The summed E-state index contributed by atoms with van der Waals surface area (Å²) in [6, 6.07) is 7.86. The quantitative estimate of drug-likeness (QED) is 0.452. The van der Waals surface area contributed by atoms with Gasteiger partial charge in [-0.2, -0.15) is 4.98 Å². The van der Waals surface area contributed by atoms with Gasteiger partial charge in [0.05, 0.1) is 17.9 Å². The molecular weight excluding hydrogens is 519 g/mol. The molecule has 11 heteroatoms. The van der Waals surface area contributed by atoms with E-state index in [0.29, 0.717) is 37.1 Å². The molecule has 2 aliphatic rings. The fourth-order valence-corrected chi connectivity index (χ4v) is 7.11. The number of fused-ring (bicyclic) bond motifs is 1. The van der Waals surface area contributed by atoms with E-state index in [1.54, 1.807) is 26.3 Å². The van der Waals surface area contributed by atoms with E-state index in [9.17, 15) is 8.42 Å². The lowest BCUT2D eigenvalue weighted by Crippen LogP contribution is -2.61. The summed E-state index contributed by atoms with van der Waals surface area (Å²) in [6.45, 7) is 9.03. The number of methoxy groups -OCH3 is 1.